The molecule has 1 aromatic carbocycles. The molecule has 8 heteroatoms. The summed E-state index contributed by atoms with van der Waals surface area (Å²) < 4.78 is 1.83. The van der Waals surface area contributed by atoms with Gasteiger partial charge < -0.3 is 9.47 Å². The summed E-state index contributed by atoms with van der Waals surface area (Å²) in [6.07, 6.45) is 2.79. The molecule has 5 rings (SSSR count). The van der Waals surface area contributed by atoms with Gasteiger partial charge in [0.05, 0.1) is 4.91 Å². The van der Waals surface area contributed by atoms with E-state index in [4.69, 9.17) is 0 Å². The van der Waals surface area contributed by atoms with Crippen LogP contribution in [0.25, 0.3) is 6.08 Å². The first kappa shape index (κ1) is 20.8. The van der Waals surface area contributed by atoms with Crippen molar-refractivity contribution in [2.45, 2.75) is 25.3 Å². The second-order valence-corrected chi connectivity index (χ2v) is 9.48. The second-order valence-electron chi connectivity index (χ2n) is 8.49. The van der Waals surface area contributed by atoms with Gasteiger partial charge in [0.15, 0.2) is 0 Å². The van der Waals surface area contributed by atoms with E-state index in [0.29, 0.717) is 24.5 Å². The summed E-state index contributed by atoms with van der Waals surface area (Å²) in [6.45, 7) is 1.88. The van der Waals surface area contributed by atoms with Crippen molar-refractivity contribution in [3.63, 3.8) is 0 Å². The lowest BCUT2D eigenvalue weighted by molar-refractivity contribution is -0.134. The number of hydrogen-bond acceptors (Lipinski definition) is 5. The zero-order chi connectivity index (χ0) is 22.2. The van der Waals surface area contributed by atoms with Crippen LogP contribution < -0.4 is 5.56 Å². The number of carbonyl (C=O) groups excluding carboxylic acids is 3. The molecule has 3 aliphatic rings. The fourth-order valence-corrected chi connectivity index (χ4v) is 5.72. The van der Waals surface area contributed by atoms with E-state index in [2.05, 4.69) is 0 Å². The van der Waals surface area contributed by atoms with Crippen LogP contribution >= 0.6 is 11.8 Å². The third-order valence-corrected chi connectivity index (χ3v) is 7.26. The number of piperidine rings is 1. The van der Waals surface area contributed by atoms with E-state index >= 15 is 0 Å². The summed E-state index contributed by atoms with van der Waals surface area (Å²) in [7, 11) is 0. The van der Waals surface area contributed by atoms with Crippen LogP contribution in [0.5, 0.6) is 0 Å². The van der Waals surface area contributed by atoms with Crippen molar-refractivity contribution in [3.05, 3.63) is 75.0 Å². The van der Waals surface area contributed by atoms with Gasteiger partial charge in [-0.25, -0.2) is 0 Å². The van der Waals surface area contributed by atoms with Gasteiger partial charge >= 0.3 is 0 Å². The molecule has 164 valence electrons. The lowest BCUT2D eigenvalue weighted by atomic mass is 9.83. The fourth-order valence-electron chi connectivity index (χ4n) is 4.86. The molecule has 2 aromatic rings. The number of amides is 3. The molecule has 2 fully saturated rings. The number of pyridine rings is 1. The number of imide groups is 1. The first-order valence-electron chi connectivity index (χ1n) is 10.8. The van der Waals surface area contributed by atoms with E-state index in [-0.39, 0.29) is 47.4 Å². The highest BCUT2D eigenvalue weighted by Gasteiger charge is 2.38. The molecule has 3 amide bonds. The van der Waals surface area contributed by atoms with Crippen LogP contribution in [0.4, 0.5) is 4.79 Å². The number of aromatic nitrogens is 1. The largest absolute Gasteiger partial charge is 0.342 e. The van der Waals surface area contributed by atoms with Crippen LogP contribution in [0.3, 0.4) is 0 Å². The second kappa shape index (κ2) is 8.43. The molecule has 2 atom stereocenters. The first-order chi connectivity index (χ1) is 15.5. The smallest absolute Gasteiger partial charge is 0.293 e. The molecule has 2 bridgehead atoms. The summed E-state index contributed by atoms with van der Waals surface area (Å²) in [5.41, 5.74) is 1.86. The summed E-state index contributed by atoms with van der Waals surface area (Å²) in [5, 5.41) is -0.339. The summed E-state index contributed by atoms with van der Waals surface area (Å²) in [6, 6.07) is 14.7. The quantitative estimate of drug-likeness (QED) is 0.671. The molecule has 7 nitrogen and oxygen atoms in total. The van der Waals surface area contributed by atoms with Gasteiger partial charge in [0.1, 0.15) is 0 Å². The molecule has 0 unspecified atom stereocenters. The molecule has 0 saturated carbocycles. The number of fused-ring (bicyclic) bond motifs is 4. The Labute approximate surface area is 189 Å². The fraction of sp³-hybridized carbons (Fsp3) is 0.333. The van der Waals surface area contributed by atoms with Crippen molar-refractivity contribution in [3.8, 4) is 0 Å². The number of rotatable bonds is 4. The van der Waals surface area contributed by atoms with Crippen LogP contribution in [-0.2, 0) is 16.1 Å². The Balaban J connectivity index is 1.23. The molecule has 0 N–H and O–H groups in total. The molecule has 2 saturated heterocycles. The van der Waals surface area contributed by atoms with Crippen molar-refractivity contribution < 1.29 is 14.4 Å². The minimum absolute atomic E-state index is 0.0138. The van der Waals surface area contributed by atoms with Crippen molar-refractivity contribution >= 4 is 34.9 Å². The highest BCUT2D eigenvalue weighted by Crippen LogP contribution is 2.36. The van der Waals surface area contributed by atoms with E-state index in [9.17, 15) is 19.2 Å². The molecule has 3 aliphatic heterocycles. The van der Waals surface area contributed by atoms with Crippen molar-refractivity contribution in [2.75, 3.05) is 19.6 Å². The lowest BCUT2D eigenvalue weighted by Gasteiger charge is -2.42. The Bertz CT molecular complexity index is 1170. The predicted molar refractivity (Wildman–Crippen MR) is 122 cm³/mol. The van der Waals surface area contributed by atoms with Crippen LogP contribution in [-0.4, -0.2) is 51.1 Å². The lowest BCUT2D eigenvalue weighted by Crippen LogP contribution is -2.49. The van der Waals surface area contributed by atoms with Crippen LogP contribution in [0, 0.1) is 5.92 Å². The highest BCUT2D eigenvalue weighted by molar-refractivity contribution is 8.18. The maximum Gasteiger partial charge on any atom is 0.293 e. The van der Waals surface area contributed by atoms with E-state index in [0.717, 1.165) is 34.3 Å². The van der Waals surface area contributed by atoms with Crippen molar-refractivity contribution in [2.24, 2.45) is 5.92 Å². The van der Waals surface area contributed by atoms with Gasteiger partial charge in [0.2, 0.25) is 5.91 Å². The number of thioether (sulfide) groups is 1. The topological polar surface area (TPSA) is 79.7 Å². The third kappa shape index (κ3) is 3.90. The van der Waals surface area contributed by atoms with Crippen LogP contribution in [0.2, 0.25) is 0 Å². The maximum absolute atomic E-state index is 12.9. The molecule has 32 heavy (non-hydrogen) atoms. The summed E-state index contributed by atoms with van der Waals surface area (Å²) in [4.78, 5) is 53.6. The van der Waals surface area contributed by atoms with Gasteiger partial charge in [-0.05, 0) is 41.8 Å². The normalized spacial score (nSPS) is 23.6. The third-order valence-electron chi connectivity index (χ3n) is 6.35. The number of carbonyl (C=O) groups is 3. The number of benzene rings is 1. The van der Waals surface area contributed by atoms with Gasteiger partial charge in [-0.3, -0.25) is 24.1 Å². The standard InChI is InChI=1S/C24H23N3O4S/c28-21(25-13-17-11-18(15-25)19-7-4-8-22(29)27(19)14-17)9-10-26-23(30)20(32-24(26)31)12-16-5-2-1-3-6-16/h1-8,12,17-18H,9-11,13-15H2/b20-12-/t17-,18+/m0/s1. The number of hydrogen-bond donors (Lipinski definition) is 0. The Morgan fingerprint density at radius 3 is 2.62 bits per heavy atom. The molecule has 0 radical (unpaired) electrons. The Hall–Kier alpha value is -3.13. The zero-order valence-electron chi connectivity index (χ0n) is 17.5. The van der Waals surface area contributed by atoms with Gasteiger partial charge in [-0.15, -0.1) is 0 Å². The predicted octanol–water partition coefficient (Wildman–Crippen LogP) is 2.92. The van der Waals surface area contributed by atoms with Crippen molar-refractivity contribution in [1.29, 1.82) is 0 Å². The van der Waals surface area contributed by atoms with Gasteiger partial charge in [0, 0.05) is 50.3 Å². The summed E-state index contributed by atoms with van der Waals surface area (Å²) in [5.74, 6) is -0.0133. The Kier molecular flexibility index (Phi) is 5.46. The van der Waals surface area contributed by atoms with Gasteiger partial charge in [0.25, 0.3) is 16.7 Å². The number of likely N-dealkylation sites (tertiary alicyclic amines) is 1. The van der Waals surface area contributed by atoms with Crippen LogP contribution in [0.1, 0.15) is 30.0 Å². The molecular weight excluding hydrogens is 426 g/mol. The zero-order valence-corrected chi connectivity index (χ0v) is 18.3. The molecule has 1 aromatic heterocycles. The Morgan fingerprint density at radius 2 is 1.81 bits per heavy atom. The summed E-state index contributed by atoms with van der Waals surface area (Å²) >= 11 is 0.912. The minimum Gasteiger partial charge on any atom is -0.342 e. The van der Waals surface area contributed by atoms with Gasteiger partial charge in [-0.2, -0.15) is 0 Å². The molecule has 0 aliphatic carbocycles. The SMILES string of the molecule is O=C(CCN1C(=O)S/C(=C\c2ccccc2)C1=O)N1C[C@@H]2C[C@H](C1)c1cccc(=O)n1C2. The highest BCUT2D eigenvalue weighted by atomic mass is 32.2. The van der Waals surface area contributed by atoms with Crippen molar-refractivity contribution in [1.82, 2.24) is 14.4 Å². The monoisotopic (exact) mass is 449 g/mol. The van der Waals surface area contributed by atoms with Crippen LogP contribution in [0.15, 0.2) is 58.2 Å². The minimum atomic E-state index is -0.347. The van der Waals surface area contributed by atoms with Gasteiger partial charge in [-0.1, -0.05) is 36.4 Å². The van der Waals surface area contributed by atoms with E-state index in [1.807, 2.05) is 45.9 Å². The molecular formula is C24H23N3O4S. The molecule has 0 spiro atoms. The van der Waals surface area contributed by atoms with E-state index in [1.165, 1.54) is 0 Å². The maximum atomic E-state index is 12.9. The number of nitrogens with zero attached hydrogens (tertiary/aromatic N) is 3. The van der Waals surface area contributed by atoms with E-state index in [1.54, 1.807) is 18.2 Å². The Morgan fingerprint density at radius 1 is 1.00 bits per heavy atom. The average Bonchev–Trinajstić information content (AvgIpc) is 3.05. The molecule has 4 heterocycles. The average molecular weight is 450 g/mol. The van der Waals surface area contributed by atoms with E-state index < -0.39 is 0 Å². The first-order valence-corrected chi connectivity index (χ1v) is 11.6.